The van der Waals surface area contributed by atoms with Crippen LogP contribution in [0.25, 0.3) is 11.5 Å². The van der Waals surface area contributed by atoms with Gasteiger partial charge in [0.15, 0.2) is 10.4 Å². The minimum atomic E-state index is -0.134. The zero-order valence-electron chi connectivity index (χ0n) is 16.1. The summed E-state index contributed by atoms with van der Waals surface area (Å²) in [5.74, 6) is 1.16. The van der Waals surface area contributed by atoms with E-state index in [-0.39, 0.29) is 5.91 Å². The Hall–Kier alpha value is -3.06. The Morgan fingerprint density at radius 3 is 2.59 bits per heavy atom. The molecule has 3 aromatic heterocycles. The van der Waals surface area contributed by atoms with Gasteiger partial charge in [-0.2, -0.15) is 5.10 Å². The van der Waals surface area contributed by atoms with Gasteiger partial charge >= 0.3 is 0 Å². The molecule has 0 radical (unpaired) electrons. The summed E-state index contributed by atoms with van der Waals surface area (Å²) in [4.78, 5) is 14.6. The van der Waals surface area contributed by atoms with Crippen molar-refractivity contribution < 1.29 is 9.21 Å². The van der Waals surface area contributed by atoms with Crippen LogP contribution in [0.3, 0.4) is 0 Å². The number of aryl methyl sites for hydroxylation is 2. The Labute approximate surface area is 176 Å². The molecule has 0 saturated carbocycles. The smallest absolute Gasteiger partial charge is 0.290 e. The highest BCUT2D eigenvalue weighted by atomic mass is 79.9. The van der Waals surface area contributed by atoms with Gasteiger partial charge in [-0.05, 0) is 65.7 Å². The van der Waals surface area contributed by atoms with E-state index < -0.39 is 0 Å². The van der Waals surface area contributed by atoms with E-state index >= 15 is 0 Å². The van der Waals surface area contributed by atoms with E-state index in [4.69, 9.17) is 9.52 Å². The molecular weight excluding hydrogens is 432 g/mol. The van der Waals surface area contributed by atoms with E-state index in [1.165, 1.54) is 5.56 Å². The molecule has 4 heterocycles. The predicted molar refractivity (Wildman–Crippen MR) is 112 cm³/mol. The molecule has 0 N–H and O–H groups in total. The lowest BCUT2D eigenvalue weighted by Gasteiger charge is -2.17. The van der Waals surface area contributed by atoms with Gasteiger partial charge in [0.25, 0.3) is 5.91 Å². The first kappa shape index (κ1) is 18.0. The summed E-state index contributed by atoms with van der Waals surface area (Å²) in [5.41, 5.74) is 5.39. The lowest BCUT2D eigenvalue weighted by molar-refractivity contribution is 0.0715. The monoisotopic (exact) mass is 450 g/mol. The number of hydrogen-bond acceptors (Lipinski definition) is 3. The second-order valence-electron chi connectivity index (χ2n) is 7.31. The average molecular weight is 451 g/mol. The molecule has 1 aliphatic heterocycles. The van der Waals surface area contributed by atoms with Crippen LogP contribution in [0, 0.1) is 13.8 Å². The first-order chi connectivity index (χ1) is 14.0. The van der Waals surface area contributed by atoms with Crippen molar-refractivity contribution in [2.24, 2.45) is 0 Å². The third-order valence-corrected chi connectivity index (χ3v) is 5.66. The Bertz CT molecular complexity index is 1220. The lowest BCUT2D eigenvalue weighted by atomic mass is 10.1. The maximum Gasteiger partial charge on any atom is 0.290 e. The SMILES string of the molecule is Cc1ccc(-n2nc3c(c2-n2cccc2)CN(C(=O)c2ccc(Br)o2)C3)c(C)c1. The summed E-state index contributed by atoms with van der Waals surface area (Å²) >= 11 is 3.26. The van der Waals surface area contributed by atoms with Crippen molar-refractivity contribution in [1.29, 1.82) is 0 Å². The maximum absolute atomic E-state index is 12.8. The van der Waals surface area contributed by atoms with E-state index in [0.717, 1.165) is 28.3 Å². The first-order valence-corrected chi connectivity index (χ1v) is 10.2. The van der Waals surface area contributed by atoms with Gasteiger partial charge in [0.2, 0.25) is 0 Å². The summed E-state index contributed by atoms with van der Waals surface area (Å²) in [7, 11) is 0. The summed E-state index contributed by atoms with van der Waals surface area (Å²) < 4.78 is 10.0. The fraction of sp³-hybridized carbons (Fsp3) is 0.182. The van der Waals surface area contributed by atoms with Crippen LogP contribution in [0.4, 0.5) is 0 Å². The van der Waals surface area contributed by atoms with Crippen LogP contribution in [0.5, 0.6) is 0 Å². The fourth-order valence-corrected chi connectivity index (χ4v) is 4.19. The molecule has 0 fully saturated rings. The number of nitrogens with zero attached hydrogens (tertiary/aromatic N) is 4. The van der Waals surface area contributed by atoms with Crippen molar-refractivity contribution in [2.75, 3.05) is 0 Å². The van der Waals surface area contributed by atoms with Gasteiger partial charge in [-0.15, -0.1) is 0 Å². The Morgan fingerprint density at radius 2 is 1.90 bits per heavy atom. The quantitative estimate of drug-likeness (QED) is 0.450. The number of carbonyl (C=O) groups excluding carboxylic acids is 1. The number of benzene rings is 1. The minimum Gasteiger partial charge on any atom is -0.444 e. The van der Waals surface area contributed by atoms with Crippen LogP contribution in [0.15, 0.2) is 63.9 Å². The molecule has 29 heavy (non-hydrogen) atoms. The molecule has 4 aromatic rings. The highest BCUT2D eigenvalue weighted by molar-refractivity contribution is 9.10. The Kier molecular flexibility index (Phi) is 4.20. The van der Waals surface area contributed by atoms with Crippen LogP contribution >= 0.6 is 15.9 Å². The van der Waals surface area contributed by atoms with E-state index in [0.29, 0.717) is 23.5 Å². The van der Waals surface area contributed by atoms with Gasteiger partial charge in [-0.3, -0.25) is 4.79 Å². The van der Waals surface area contributed by atoms with Gasteiger partial charge in [-0.1, -0.05) is 17.7 Å². The topological polar surface area (TPSA) is 56.2 Å². The van der Waals surface area contributed by atoms with Gasteiger partial charge in [-0.25, -0.2) is 4.68 Å². The van der Waals surface area contributed by atoms with Crippen LogP contribution < -0.4 is 0 Å². The zero-order valence-corrected chi connectivity index (χ0v) is 17.7. The first-order valence-electron chi connectivity index (χ1n) is 9.37. The van der Waals surface area contributed by atoms with Crippen molar-refractivity contribution in [1.82, 2.24) is 19.2 Å². The third kappa shape index (κ3) is 3.02. The summed E-state index contributed by atoms with van der Waals surface area (Å²) in [6.07, 6.45) is 4.01. The molecule has 1 amide bonds. The Morgan fingerprint density at radius 1 is 1.10 bits per heavy atom. The standard InChI is InChI=1S/C22H19BrN4O2/c1-14-5-6-18(15(2)11-14)27-21(25-9-3-4-10-25)16-12-26(13-17(16)24-27)22(28)19-7-8-20(23)29-19/h3-11H,12-13H2,1-2H3. The molecule has 1 aromatic carbocycles. The van der Waals surface area contributed by atoms with Crippen molar-refractivity contribution in [3.63, 3.8) is 0 Å². The van der Waals surface area contributed by atoms with Crippen molar-refractivity contribution in [2.45, 2.75) is 26.9 Å². The second kappa shape index (κ2) is 6.77. The van der Waals surface area contributed by atoms with Crippen LogP contribution in [0.2, 0.25) is 0 Å². The Balaban J connectivity index is 1.58. The number of furan rings is 1. The van der Waals surface area contributed by atoms with Crippen molar-refractivity contribution in [3.8, 4) is 11.5 Å². The van der Waals surface area contributed by atoms with Gasteiger partial charge in [0.1, 0.15) is 5.82 Å². The summed E-state index contributed by atoms with van der Waals surface area (Å²) in [6.45, 7) is 5.13. The lowest BCUT2D eigenvalue weighted by Crippen LogP contribution is -2.26. The van der Waals surface area contributed by atoms with E-state index in [9.17, 15) is 4.79 Å². The number of aromatic nitrogens is 3. The molecule has 0 atom stereocenters. The van der Waals surface area contributed by atoms with Crippen LogP contribution in [0.1, 0.15) is 32.9 Å². The molecule has 146 valence electrons. The zero-order chi connectivity index (χ0) is 20.1. The summed E-state index contributed by atoms with van der Waals surface area (Å²) in [6, 6.07) is 13.8. The number of halogens is 1. The number of amides is 1. The molecule has 0 spiro atoms. The van der Waals surface area contributed by atoms with E-state index in [1.807, 2.05) is 29.2 Å². The minimum absolute atomic E-state index is 0.134. The second-order valence-corrected chi connectivity index (χ2v) is 8.09. The maximum atomic E-state index is 12.8. The van der Waals surface area contributed by atoms with Gasteiger partial charge in [0, 0.05) is 18.0 Å². The molecule has 0 saturated heterocycles. The largest absolute Gasteiger partial charge is 0.444 e. The molecule has 6 nitrogen and oxygen atoms in total. The van der Waals surface area contributed by atoms with E-state index in [2.05, 4.69) is 52.5 Å². The van der Waals surface area contributed by atoms with E-state index in [1.54, 1.807) is 17.0 Å². The average Bonchev–Trinajstić information content (AvgIpc) is 3.44. The third-order valence-electron chi connectivity index (χ3n) is 5.23. The van der Waals surface area contributed by atoms with Crippen molar-refractivity contribution >= 4 is 21.8 Å². The molecule has 0 bridgehead atoms. The molecule has 0 aliphatic carbocycles. The fourth-order valence-electron chi connectivity index (χ4n) is 3.88. The van der Waals surface area contributed by atoms with Gasteiger partial charge in [0.05, 0.1) is 24.5 Å². The summed E-state index contributed by atoms with van der Waals surface area (Å²) in [5, 5.41) is 4.90. The van der Waals surface area contributed by atoms with Crippen molar-refractivity contribution in [3.05, 3.63) is 87.7 Å². The molecular formula is C22H19BrN4O2. The number of fused-ring (bicyclic) bond motifs is 1. The number of rotatable bonds is 3. The van der Waals surface area contributed by atoms with Crippen LogP contribution in [-0.4, -0.2) is 25.2 Å². The normalized spacial score (nSPS) is 13.1. The molecule has 5 rings (SSSR count). The highest BCUT2D eigenvalue weighted by Gasteiger charge is 2.33. The molecule has 1 aliphatic rings. The number of carbonyl (C=O) groups is 1. The predicted octanol–water partition coefficient (Wildman–Crippen LogP) is 4.79. The number of hydrogen-bond donors (Lipinski definition) is 0. The van der Waals surface area contributed by atoms with Crippen LogP contribution in [-0.2, 0) is 13.1 Å². The molecule has 7 heteroatoms. The van der Waals surface area contributed by atoms with Gasteiger partial charge < -0.3 is 13.9 Å². The highest BCUT2D eigenvalue weighted by Crippen LogP contribution is 2.32. The molecule has 0 unspecified atom stereocenters.